The minimum absolute atomic E-state index is 0.158. The summed E-state index contributed by atoms with van der Waals surface area (Å²) < 4.78 is 4.89. The first-order valence-corrected chi connectivity index (χ1v) is 3.68. The molecule has 58 valence electrons. The molecule has 0 aromatic carbocycles. The van der Waals surface area contributed by atoms with Gasteiger partial charge in [-0.1, -0.05) is 0 Å². The summed E-state index contributed by atoms with van der Waals surface area (Å²) in [6, 6.07) is 0. The largest absolute Gasteiger partial charge is 0.465 e. The third-order valence-corrected chi connectivity index (χ3v) is 1.53. The van der Waals surface area contributed by atoms with Gasteiger partial charge in [-0.05, 0) is 18.8 Å². The van der Waals surface area contributed by atoms with Crippen LogP contribution in [-0.2, 0) is 9.53 Å². The van der Waals surface area contributed by atoms with Gasteiger partial charge >= 0.3 is 5.97 Å². The molecule has 0 saturated heterocycles. The summed E-state index contributed by atoms with van der Waals surface area (Å²) in [5.74, 6) is 0.496. The van der Waals surface area contributed by atoms with Gasteiger partial charge in [-0.15, -0.1) is 0 Å². The molecule has 0 aromatic heterocycles. The van der Waals surface area contributed by atoms with Gasteiger partial charge in [0.2, 0.25) is 0 Å². The standard InChI is InChI=1S/C7H13NO2/c8-4-3-7(9)10-5-6-1-2-6/h6H,1-5,8H2. The monoisotopic (exact) mass is 143 g/mol. The van der Waals surface area contributed by atoms with E-state index < -0.39 is 0 Å². The van der Waals surface area contributed by atoms with Gasteiger partial charge in [0, 0.05) is 6.54 Å². The van der Waals surface area contributed by atoms with Crippen LogP contribution in [0.25, 0.3) is 0 Å². The summed E-state index contributed by atoms with van der Waals surface area (Å²) >= 11 is 0. The molecule has 0 aromatic rings. The van der Waals surface area contributed by atoms with Crippen LogP contribution in [0.15, 0.2) is 0 Å². The number of rotatable bonds is 4. The molecule has 3 nitrogen and oxygen atoms in total. The van der Waals surface area contributed by atoms with E-state index in [-0.39, 0.29) is 5.97 Å². The molecule has 1 fully saturated rings. The van der Waals surface area contributed by atoms with Crippen LogP contribution in [0, 0.1) is 5.92 Å². The lowest BCUT2D eigenvalue weighted by atomic mass is 10.4. The molecule has 1 saturated carbocycles. The van der Waals surface area contributed by atoms with Crippen molar-refractivity contribution < 1.29 is 9.53 Å². The first-order valence-electron chi connectivity index (χ1n) is 3.68. The Bertz CT molecular complexity index is 121. The third-order valence-electron chi connectivity index (χ3n) is 1.53. The van der Waals surface area contributed by atoms with E-state index >= 15 is 0 Å². The molecule has 0 heterocycles. The molecule has 1 aliphatic carbocycles. The predicted molar refractivity (Wildman–Crippen MR) is 37.4 cm³/mol. The van der Waals surface area contributed by atoms with E-state index in [9.17, 15) is 4.79 Å². The number of carbonyl (C=O) groups is 1. The van der Waals surface area contributed by atoms with Crippen molar-refractivity contribution in [3.8, 4) is 0 Å². The first-order chi connectivity index (χ1) is 4.83. The summed E-state index contributed by atoms with van der Waals surface area (Å²) in [6.45, 7) is 1.00. The van der Waals surface area contributed by atoms with Crippen molar-refractivity contribution in [2.24, 2.45) is 11.7 Å². The SMILES string of the molecule is NCCC(=O)OCC1CC1. The molecule has 2 N–H and O–H groups in total. The van der Waals surface area contributed by atoms with Crippen molar-refractivity contribution >= 4 is 5.97 Å². The highest BCUT2D eigenvalue weighted by Crippen LogP contribution is 2.28. The van der Waals surface area contributed by atoms with E-state index in [1.54, 1.807) is 0 Å². The van der Waals surface area contributed by atoms with E-state index in [2.05, 4.69) is 0 Å². The van der Waals surface area contributed by atoms with Gasteiger partial charge in [0.05, 0.1) is 13.0 Å². The number of hydrogen-bond acceptors (Lipinski definition) is 3. The second-order valence-electron chi connectivity index (χ2n) is 2.67. The Balaban J connectivity index is 1.94. The average molecular weight is 143 g/mol. The first kappa shape index (κ1) is 7.54. The summed E-state index contributed by atoms with van der Waals surface area (Å²) in [6.07, 6.45) is 2.79. The molecular formula is C7H13NO2. The smallest absolute Gasteiger partial charge is 0.307 e. The fourth-order valence-corrected chi connectivity index (χ4v) is 0.685. The topological polar surface area (TPSA) is 52.3 Å². The molecule has 0 aliphatic heterocycles. The zero-order chi connectivity index (χ0) is 7.40. The normalized spacial score (nSPS) is 16.9. The molecule has 0 bridgehead atoms. The van der Waals surface area contributed by atoms with E-state index in [4.69, 9.17) is 10.5 Å². The second kappa shape index (κ2) is 3.56. The van der Waals surface area contributed by atoms with E-state index in [0.717, 1.165) is 0 Å². The molecule has 0 radical (unpaired) electrons. The lowest BCUT2D eigenvalue weighted by molar-refractivity contribution is -0.143. The highest BCUT2D eigenvalue weighted by atomic mass is 16.5. The summed E-state index contributed by atoms with van der Waals surface area (Å²) in [7, 11) is 0. The van der Waals surface area contributed by atoms with Crippen LogP contribution in [0.3, 0.4) is 0 Å². The van der Waals surface area contributed by atoms with Crippen LogP contribution in [0.4, 0.5) is 0 Å². The van der Waals surface area contributed by atoms with Gasteiger partial charge in [0.25, 0.3) is 0 Å². The summed E-state index contributed by atoms with van der Waals surface area (Å²) in [5, 5.41) is 0. The minimum Gasteiger partial charge on any atom is -0.465 e. The van der Waals surface area contributed by atoms with Crippen molar-refractivity contribution in [2.75, 3.05) is 13.2 Å². The van der Waals surface area contributed by atoms with Crippen LogP contribution >= 0.6 is 0 Å². The number of nitrogens with two attached hydrogens (primary N) is 1. The number of hydrogen-bond donors (Lipinski definition) is 1. The minimum atomic E-state index is -0.158. The van der Waals surface area contributed by atoms with Crippen molar-refractivity contribution in [3.63, 3.8) is 0 Å². The maximum atomic E-state index is 10.7. The van der Waals surface area contributed by atoms with Gasteiger partial charge in [-0.2, -0.15) is 0 Å². The maximum Gasteiger partial charge on any atom is 0.307 e. The van der Waals surface area contributed by atoms with Crippen molar-refractivity contribution in [3.05, 3.63) is 0 Å². The lowest BCUT2D eigenvalue weighted by Crippen LogP contribution is -2.12. The molecule has 0 unspecified atom stereocenters. The second-order valence-corrected chi connectivity index (χ2v) is 2.67. The zero-order valence-electron chi connectivity index (χ0n) is 6.01. The Morgan fingerprint density at radius 2 is 2.30 bits per heavy atom. The fourth-order valence-electron chi connectivity index (χ4n) is 0.685. The predicted octanol–water partition coefficient (Wildman–Crippen LogP) is 0.288. The van der Waals surface area contributed by atoms with Crippen molar-refractivity contribution in [2.45, 2.75) is 19.3 Å². The van der Waals surface area contributed by atoms with Crippen LogP contribution in [0.1, 0.15) is 19.3 Å². The Labute approximate surface area is 60.5 Å². The Morgan fingerprint density at radius 1 is 1.60 bits per heavy atom. The summed E-state index contributed by atoms with van der Waals surface area (Å²) in [5.41, 5.74) is 5.15. The molecule has 1 rings (SSSR count). The van der Waals surface area contributed by atoms with Gasteiger partial charge < -0.3 is 10.5 Å². The molecule has 0 spiro atoms. The quantitative estimate of drug-likeness (QED) is 0.575. The van der Waals surface area contributed by atoms with Crippen LogP contribution in [0.2, 0.25) is 0 Å². The summed E-state index contributed by atoms with van der Waals surface area (Å²) in [4.78, 5) is 10.7. The molecule has 3 heteroatoms. The van der Waals surface area contributed by atoms with Crippen LogP contribution in [-0.4, -0.2) is 19.1 Å². The van der Waals surface area contributed by atoms with Crippen molar-refractivity contribution in [1.29, 1.82) is 0 Å². The van der Waals surface area contributed by atoms with E-state index in [0.29, 0.717) is 25.5 Å². The highest BCUT2D eigenvalue weighted by molar-refractivity contribution is 5.69. The van der Waals surface area contributed by atoms with Crippen LogP contribution < -0.4 is 5.73 Å². The molecule has 10 heavy (non-hydrogen) atoms. The molecular weight excluding hydrogens is 130 g/mol. The molecule has 0 amide bonds. The van der Waals surface area contributed by atoms with Crippen molar-refractivity contribution in [1.82, 2.24) is 0 Å². The zero-order valence-corrected chi connectivity index (χ0v) is 6.01. The highest BCUT2D eigenvalue weighted by Gasteiger charge is 2.22. The number of ether oxygens (including phenoxy) is 1. The average Bonchev–Trinajstić information content (AvgIpc) is 2.67. The van der Waals surface area contributed by atoms with E-state index in [1.807, 2.05) is 0 Å². The Morgan fingerprint density at radius 3 is 2.80 bits per heavy atom. The Kier molecular flexibility index (Phi) is 2.68. The van der Waals surface area contributed by atoms with E-state index in [1.165, 1.54) is 12.8 Å². The van der Waals surface area contributed by atoms with Gasteiger partial charge in [-0.3, -0.25) is 4.79 Å². The molecule has 0 atom stereocenters. The van der Waals surface area contributed by atoms with Crippen LogP contribution in [0.5, 0.6) is 0 Å². The maximum absolute atomic E-state index is 10.7. The molecule has 1 aliphatic rings. The fraction of sp³-hybridized carbons (Fsp3) is 0.857. The third kappa shape index (κ3) is 2.82. The number of carbonyl (C=O) groups excluding carboxylic acids is 1. The number of esters is 1. The van der Waals surface area contributed by atoms with Gasteiger partial charge in [0.15, 0.2) is 0 Å². The lowest BCUT2D eigenvalue weighted by Gasteiger charge is -2.00. The van der Waals surface area contributed by atoms with Gasteiger partial charge in [0.1, 0.15) is 0 Å². The van der Waals surface area contributed by atoms with Gasteiger partial charge in [-0.25, -0.2) is 0 Å². The Hall–Kier alpha value is -0.570.